The highest BCUT2D eigenvalue weighted by Gasteiger charge is 2.09. The number of halogens is 1. The first-order chi connectivity index (χ1) is 12.1. The van der Waals surface area contributed by atoms with E-state index in [1.807, 2.05) is 12.1 Å². The van der Waals surface area contributed by atoms with Crippen LogP contribution in [0.1, 0.15) is 5.56 Å². The van der Waals surface area contributed by atoms with Crippen molar-refractivity contribution < 1.29 is 14.7 Å². The summed E-state index contributed by atoms with van der Waals surface area (Å²) in [6.07, 6.45) is 1.65. The molecule has 0 fully saturated rings. The second-order valence-electron chi connectivity index (χ2n) is 5.23. The lowest BCUT2D eigenvalue weighted by atomic mass is 10.1. The van der Waals surface area contributed by atoms with Crippen LogP contribution in [0.25, 0.3) is 11.0 Å². The van der Waals surface area contributed by atoms with Crippen molar-refractivity contribution in [1.29, 1.82) is 0 Å². The smallest absolute Gasteiger partial charge is 0.247 e. The van der Waals surface area contributed by atoms with E-state index in [0.29, 0.717) is 22.1 Å². The number of hydroxylamine groups is 1. The van der Waals surface area contributed by atoms with Gasteiger partial charge in [-0.15, -0.1) is 0 Å². The van der Waals surface area contributed by atoms with E-state index in [-0.39, 0.29) is 6.42 Å². The molecule has 7 nitrogen and oxygen atoms in total. The number of rotatable bonds is 5. The average Bonchev–Trinajstić information content (AvgIpc) is 2.63. The van der Waals surface area contributed by atoms with Crippen molar-refractivity contribution in [3.8, 4) is 5.88 Å². The maximum Gasteiger partial charge on any atom is 0.247 e. The van der Waals surface area contributed by atoms with E-state index in [1.165, 1.54) is 0 Å². The van der Waals surface area contributed by atoms with E-state index < -0.39 is 5.91 Å². The van der Waals surface area contributed by atoms with Gasteiger partial charge >= 0.3 is 0 Å². The third kappa shape index (κ3) is 3.78. The van der Waals surface area contributed by atoms with Gasteiger partial charge in [0.1, 0.15) is 0 Å². The molecule has 0 saturated heterocycles. The Kier molecular flexibility index (Phi) is 4.97. The van der Waals surface area contributed by atoms with Gasteiger partial charge in [0.05, 0.1) is 19.2 Å². The Morgan fingerprint density at radius 2 is 2.12 bits per heavy atom. The summed E-state index contributed by atoms with van der Waals surface area (Å²) < 4.78 is 5.11. The molecule has 128 valence electrons. The van der Waals surface area contributed by atoms with Crippen LogP contribution < -0.4 is 15.5 Å². The van der Waals surface area contributed by atoms with Crippen LogP contribution in [-0.2, 0) is 11.2 Å². The molecule has 3 rings (SSSR count). The highest BCUT2D eigenvalue weighted by molar-refractivity contribution is 6.31. The molecule has 2 heterocycles. The number of pyridine rings is 2. The predicted octanol–water partition coefficient (Wildman–Crippen LogP) is 3.08. The first-order valence-electron chi connectivity index (χ1n) is 7.39. The Bertz CT molecular complexity index is 933. The summed E-state index contributed by atoms with van der Waals surface area (Å²) in [7, 11) is 1.55. The summed E-state index contributed by atoms with van der Waals surface area (Å²) in [6, 6.07) is 10.7. The Balaban J connectivity index is 1.88. The van der Waals surface area contributed by atoms with Crippen molar-refractivity contribution in [3.05, 3.63) is 53.2 Å². The molecule has 0 bridgehead atoms. The second-order valence-corrected chi connectivity index (χ2v) is 5.63. The zero-order valence-electron chi connectivity index (χ0n) is 13.3. The summed E-state index contributed by atoms with van der Waals surface area (Å²) >= 11 is 6.21. The second kappa shape index (κ2) is 7.33. The van der Waals surface area contributed by atoms with Gasteiger partial charge in [-0.2, -0.15) is 4.98 Å². The number of hydrogen-bond donors (Lipinski definition) is 3. The van der Waals surface area contributed by atoms with Crippen LogP contribution in [0.4, 0.5) is 11.4 Å². The molecule has 3 N–H and O–H groups in total. The summed E-state index contributed by atoms with van der Waals surface area (Å²) in [4.78, 5) is 19.8. The van der Waals surface area contributed by atoms with Crippen LogP contribution in [0.2, 0.25) is 5.02 Å². The van der Waals surface area contributed by atoms with E-state index in [4.69, 9.17) is 21.5 Å². The first kappa shape index (κ1) is 16.9. The Morgan fingerprint density at radius 3 is 2.84 bits per heavy atom. The van der Waals surface area contributed by atoms with Gasteiger partial charge in [0.25, 0.3) is 0 Å². The SMILES string of the molecule is COc1ccc2c(Nc3ccc(CC(=O)NO)c(Cl)c3)ccnc2n1. The van der Waals surface area contributed by atoms with Gasteiger partial charge < -0.3 is 10.1 Å². The molecule has 0 radical (unpaired) electrons. The first-order valence-corrected chi connectivity index (χ1v) is 7.76. The molecule has 25 heavy (non-hydrogen) atoms. The maximum atomic E-state index is 11.2. The van der Waals surface area contributed by atoms with Gasteiger partial charge in [0.15, 0.2) is 5.65 Å². The standard InChI is InChI=1S/C17H15ClN4O3/c1-25-16-5-4-12-14(6-7-19-17(12)21-16)20-11-3-2-10(13(18)9-11)8-15(23)22-24/h2-7,9,24H,8H2,1H3,(H,22,23)(H,19,20,21). The van der Waals surface area contributed by atoms with Crippen molar-refractivity contribution >= 4 is 39.9 Å². The lowest BCUT2D eigenvalue weighted by Crippen LogP contribution is -2.20. The van der Waals surface area contributed by atoms with E-state index in [9.17, 15) is 4.79 Å². The van der Waals surface area contributed by atoms with E-state index >= 15 is 0 Å². The molecular formula is C17H15ClN4O3. The molecular weight excluding hydrogens is 344 g/mol. The van der Waals surface area contributed by atoms with Gasteiger partial charge in [-0.05, 0) is 29.8 Å². The molecule has 2 aromatic heterocycles. The molecule has 0 aliphatic carbocycles. The monoisotopic (exact) mass is 358 g/mol. The number of amides is 1. The molecule has 1 amide bonds. The minimum absolute atomic E-state index is 0.00246. The zero-order chi connectivity index (χ0) is 17.8. The summed E-state index contributed by atoms with van der Waals surface area (Å²) in [5.41, 5.74) is 4.33. The van der Waals surface area contributed by atoms with E-state index in [1.54, 1.807) is 43.1 Å². The Hall–Kier alpha value is -2.90. The fourth-order valence-electron chi connectivity index (χ4n) is 2.37. The molecule has 8 heteroatoms. The Morgan fingerprint density at radius 1 is 1.28 bits per heavy atom. The van der Waals surface area contributed by atoms with Crippen molar-refractivity contribution in [2.75, 3.05) is 12.4 Å². The van der Waals surface area contributed by atoms with Crippen LogP contribution in [0, 0.1) is 0 Å². The van der Waals surface area contributed by atoms with Crippen LogP contribution in [0.5, 0.6) is 5.88 Å². The van der Waals surface area contributed by atoms with Gasteiger partial charge in [-0.3, -0.25) is 10.0 Å². The molecule has 0 aliphatic heterocycles. The number of anilines is 2. The number of hydrogen-bond acceptors (Lipinski definition) is 6. The van der Waals surface area contributed by atoms with Gasteiger partial charge in [0.2, 0.25) is 11.8 Å². The van der Waals surface area contributed by atoms with Crippen LogP contribution in [-0.4, -0.2) is 28.2 Å². The number of methoxy groups -OCH3 is 1. The van der Waals surface area contributed by atoms with E-state index in [0.717, 1.165) is 16.8 Å². The average molecular weight is 359 g/mol. The van der Waals surface area contributed by atoms with Crippen LogP contribution >= 0.6 is 11.6 Å². The van der Waals surface area contributed by atoms with Crippen LogP contribution in [0.3, 0.4) is 0 Å². The number of nitrogens with one attached hydrogen (secondary N) is 2. The lowest BCUT2D eigenvalue weighted by Gasteiger charge is -2.11. The summed E-state index contributed by atoms with van der Waals surface area (Å²) in [6.45, 7) is 0. The number of fused-ring (bicyclic) bond motifs is 1. The fraction of sp³-hybridized carbons (Fsp3) is 0.118. The molecule has 1 aromatic carbocycles. The van der Waals surface area contributed by atoms with Gasteiger partial charge in [-0.25, -0.2) is 10.5 Å². The number of aromatic nitrogens is 2. The molecule has 0 atom stereocenters. The third-order valence-electron chi connectivity index (χ3n) is 3.59. The van der Waals surface area contributed by atoms with Crippen molar-refractivity contribution in [1.82, 2.24) is 15.4 Å². The number of benzene rings is 1. The van der Waals surface area contributed by atoms with Gasteiger partial charge in [0, 0.05) is 28.4 Å². The molecule has 3 aromatic rings. The lowest BCUT2D eigenvalue weighted by molar-refractivity contribution is -0.128. The van der Waals surface area contributed by atoms with Crippen molar-refractivity contribution in [2.24, 2.45) is 0 Å². The number of carbonyl (C=O) groups is 1. The van der Waals surface area contributed by atoms with Crippen LogP contribution in [0.15, 0.2) is 42.6 Å². The minimum atomic E-state index is -0.525. The quantitative estimate of drug-likeness (QED) is 0.479. The highest BCUT2D eigenvalue weighted by Crippen LogP contribution is 2.28. The molecule has 0 unspecified atom stereocenters. The number of carbonyl (C=O) groups excluding carboxylic acids is 1. The fourth-order valence-corrected chi connectivity index (χ4v) is 2.62. The normalized spacial score (nSPS) is 10.5. The highest BCUT2D eigenvalue weighted by atomic mass is 35.5. The van der Waals surface area contributed by atoms with Gasteiger partial charge in [-0.1, -0.05) is 17.7 Å². The molecule has 0 aliphatic rings. The molecule has 0 spiro atoms. The van der Waals surface area contributed by atoms with Crippen molar-refractivity contribution in [3.63, 3.8) is 0 Å². The minimum Gasteiger partial charge on any atom is -0.481 e. The number of ether oxygens (including phenoxy) is 1. The molecule has 0 saturated carbocycles. The largest absolute Gasteiger partial charge is 0.481 e. The topological polar surface area (TPSA) is 96.4 Å². The summed E-state index contributed by atoms with van der Waals surface area (Å²) in [5.74, 6) is -0.0329. The Labute approximate surface area is 148 Å². The maximum absolute atomic E-state index is 11.2. The zero-order valence-corrected chi connectivity index (χ0v) is 14.0. The summed E-state index contributed by atoms with van der Waals surface area (Å²) in [5, 5.41) is 13.1. The van der Waals surface area contributed by atoms with Crippen molar-refractivity contribution in [2.45, 2.75) is 6.42 Å². The third-order valence-corrected chi connectivity index (χ3v) is 3.95. The predicted molar refractivity (Wildman–Crippen MR) is 94.5 cm³/mol. The van der Waals surface area contributed by atoms with E-state index in [2.05, 4.69) is 15.3 Å². The number of nitrogens with zero attached hydrogens (tertiary/aromatic N) is 2.